The third-order valence-corrected chi connectivity index (χ3v) is 6.88. The second kappa shape index (κ2) is 14.9. The van der Waals surface area contributed by atoms with E-state index in [0.29, 0.717) is 12.8 Å². The van der Waals surface area contributed by atoms with E-state index in [9.17, 15) is 19.2 Å². The first-order valence-corrected chi connectivity index (χ1v) is 13.5. The molecule has 0 amide bonds. The zero-order valence-electron chi connectivity index (χ0n) is 24.9. The van der Waals surface area contributed by atoms with Crippen LogP contribution in [0.1, 0.15) is 87.6 Å². The summed E-state index contributed by atoms with van der Waals surface area (Å²) >= 11 is 0. The first-order chi connectivity index (χ1) is 18.0. The topological polar surface area (TPSA) is 140 Å². The molecule has 10 heteroatoms. The van der Waals surface area contributed by atoms with E-state index in [4.69, 9.17) is 29.4 Å². The Morgan fingerprint density at radius 3 is 1.69 bits per heavy atom. The average Bonchev–Trinajstić information content (AvgIpc) is 2.87. The van der Waals surface area contributed by atoms with Crippen molar-refractivity contribution in [1.29, 1.82) is 0 Å². The van der Waals surface area contributed by atoms with E-state index in [-0.39, 0.29) is 35.0 Å². The Balaban J connectivity index is 3.13. The zero-order chi connectivity index (χ0) is 30.1. The molecule has 6 atom stereocenters. The van der Waals surface area contributed by atoms with Crippen molar-refractivity contribution in [3.8, 4) is 11.5 Å². The normalized spacial score (nSPS) is 16.6. The fourth-order valence-electron chi connectivity index (χ4n) is 2.81. The largest absolute Gasteiger partial charge is 0.508 e. The van der Waals surface area contributed by atoms with Crippen LogP contribution in [-0.4, -0.2) is 42.4 Å². The maximum absolute atomic E-state index is 13.1. The maximum Gasteiger partial charge on any atom is 0.508 e. The number of nitrogens with two attached hydrogens (primary N) is 1. The second-order valence-corrected chi connectivity index (χ2v) is 10.6. The van der Waals surface area contributed by atoms with Gasteiger partial charge < -0.3 is 29.4 Å². The van der Waals surface area contributed by atoms with Gasteiger partial charge in [0.05, 0.1) is 11.8 Å². The molecule has 0 saturated heterocycles. The molecule has 0 saturated carbocycles. The monoisotopic (exact) mass is 551 g/mol. The van der Waals surface area contributed by atoms with Crippen LogP contribution < -0.4 is 15.2 Å². The van der Waals surface area contributed by atoms with Crippen LogP contribution in [0.5, 0.6) is 11.5 Å². The maximum atomic E-state index is 13.1. The highest BCUT2D eigenvalue weighted by Crippen LogP contribution is 2.34. The Morgan fingerprint density at radius 2 is 1.21 bits per heavy atom. The molecule has 0 heterocycles. The summed E-state index contributed by atoms with van der Waals surface area (Å²) in [6.07, 6.45) is -1.75. The van der Waals surface area contributed by atoms with Crippen molar-refractivity contribution in [3.05, 3.63) is 23.8 Å². The van der Waals surface area contributed by atoms with Crippen LogP contribution in [-0.2, 0) is 34.1 Å². The minimum atomic E-state index is -1.68. The molecule has 0 radical (unpaired) electrons. The number of hydrogen-bond donors (Lipinski definition) is 1. The fraction of sp³-hybridized carbons (Fsp3) is 0.655. The molecule has 220 valence electrons. The standard InChI is InChI=1S/C29H45NO9/c1-11-17(5)25(31)38-23-14-13-22(15-24(23)39-26(32)18(6)12-2)29(10,30)27(33)35-20(8)21(9)37-28(34)36-19(7)16(3)4/h13-21H,11-12,30H2,1-10H3/t17?,18?,19?,20-,21-,29-/m0/s1. The van der Waals surface area contributed by atoms with Gasteiger partial charge in [-0.05, 0) is 64.2 Å². The summed E-state index contributed by atoms with van der Waals surface area (Å²) in [6, 6.07) is 4.31. The Labute approximate surface area is 231 Å². The molecular formula is C29H45NO9. The third kappa shape index (κ3) is 9.84. The number of hydrogen-bond acceptors (Lipinski definition) is 10. The lowest BCUT2D eigenvalue weighted by Crippen LogP contribution is -2.46. The molecular weight excluding hydrogens is 506 g/mol. The second-order valence-electron chi connectivity index (χ2n) is 10.6. The van der Waals surface area contributed by atoms with E-state index in [1.165, 1.54) is 25.1 Å². The van der Waals surface area contributed by atoms with E-state index < -0.39 is 47.7 Å². The predicted octanol–water partition coefficient (Wildman–Crippen LogP) is 5.28. The summed E-state index contributed by atoms with van der Waals surface area (Å²) in [4.78, 5) is 50.1. The van der Waals surface area contributed by atoms with Crippen molar-refractivity contribution in [2.75, 3.05) is 0 Å². The Hall–Kier alpha value is -3.14. The first-order valence-electron chi connectivity index (χ1n) is 13.5. The molecule has 0 spiro atoms. The van der Waals surface area contributed by atoms with E-state index in [1.807, 2.05) is 27.7 Å². The number of ether oxygens (including phenoxy) is 5. The molecule has 1 aromatic carbocycles. The Morgan fingerprint density at radius 1 is 0.744 bits per heavy atom. The van der Waals surface area contributed by atoms with Crippen molar-refractivity contribution in [3.63, 3.8) is 0 Å². The molecule has 0 bridgehead atoms. The Kier molecular flexibility index (Phi) is 12.9. The minimum Gasteiger partial charge on any atom is -0.457 e. The fourth-order valence-corrected chi connectivity index (χ4v) is 2.81. The van der Waals surface area contributed by atoms with Gasteiger partial charge in [0.2, 0.25) is 0 Å². The van der Waals surface area contributed by atoms with Crippen LogP contribution in [0.2, 0.25) is 0 Å². The summed E-state index contributed by atoms with van der Waals surface area (Å²) in [5, 5.41) is 0. The van der Waals surface area contributed by atoms with E-state index in [2.05, 4.69) is 0 Å². The quantitative estimate of drug-likeness (QED) is 0.254. The highest BCUT2D eigenvalue weighted by Gasteiger charge is 2.36. The molecule has 1 aromatic rings. The average molecular weight is 552 g/mol. The van der Waals surface area contributed by atoms with Crippen LogP contribution in [0, 0.1) is 17.8 Å². The summed E-state index contributed by atoms with van der Waals surface area (Å²) in [5.41, 5.74) is 4.96. The van der Waals surface area contributed by atoms with Gasteiger partial charge in [0.25, 0.3) is 0 Å². The van der Waals surface area contributed by atoms with Gasteiger partial charge >= 0.3 is 24.1 Å². The van der Waals surface area contributed by atoms with Crippen molar-refractivity contribution in [2.45, 2.75) is 106 Å². The lowest BCUT2D eigenvalue weighted by Gasteiger charge is -2.28. The first kappa shape index (κ1) is 33.9. The van der Waals surface area contributed by atoms with Gasteiger partial charge in [0.1, 0.15) is 23.9 Å². The predicted molar refractivity (Wildman–Crippen MR) is 145 cm³/mol. The van der Waals surface area contributed by atoms with Gasteiger partial charge in [-0.15, -0.1) is 0 Å². The van der Waals surface area contributed by atoms with Crippen LogP contribution in [0.4, 0.5) is 4.79 Å². The van der Waals surface area contributed by atoms with Crippen molar-refractivity contribution in [1.82, 2.24) is 0 Å². The Bertz CT molecular complexity index is 1000. The summed E-state index contributed by atoms with van der Waals surface area (Å²) < 4.78 is 27.0. The van der Waals surface area contributed by atoms with Crippen LogP contribution >= 0.6 is 0 Å². The summed E-state index contributed by atoms with van der Waals surface area (Å²) in [7, 11) is 0. The molecule has 0 aliphatic carbocycles. The zero-order valence-corrected chi connectivity index (χ0v) is 24.9. The highest BCUT2D eigenvalue weighted by molar-refractivity contribution is 5.83. The van der Waals surface area contributed by atoms with Crippen molar-refractivity contribution in [2.24, 2.45) is 23.5 Å². The number of benzene rings is 1. The number of rotatable bonds is 13. The van der Waals surface area contributed by atoms with Gasteiger partial charge in [-0.2, -0.15) is 0 Å². The highest BCUT2D eigenvalue weighted by atomic mass is 16.7. The molecule has 0 aromatic heterocycles. The van der Waals surface area contributed by atoms with Crippen LogP contribution in [0.15, 0.2) is 18.2 Å². The third-order valence-electron chi connectivity index (χ3n) is 6.88. The van der Waals surface area contributed by atoms with Gasteiger partial charge in [0.15, 0.2) is 11.5 Å². The van der Waals surface area contributed by atoms with Crippen LogP contribution in [0.3, 0.4) is 0 Å². The number of carbonyl (C=O) groups excluding carboxylic acids is 4. The molecule has 0 aliphatic rings. The van der Waals surface area contributed by atoms with E-state index >= 15 is 0 Å². The van der Waals surface area contributed by atoms with Crippen molar-refractivity contribution >= 4 is 24.1 Å². The van der Waals surface area contributed by atoms with E-state index in [0.717, 1.165) is 0 Å². The van der Waals surface area contributed by atoms with Gasteiger partial charge in [-0.3, -0.25) is 9.59 Å². The van der Waals surface area contributed by atoms with Gasteiger partial charge in [0, 0.05) is 0 Å². The summed E-state index contributed by atoms with van der Waals surface area (Å²) in [6.45, 7) is 17.3. The van der Waals surface area contributed by atoms with Gasteiger partial charge in [-0.1, -0.05) is 47.6 Å². The molecule has 3 unspecified atom stereocenters. The van der Waals surface area contributed by atoms with Gasteiger partial charge in [-0.25, -0.2) is 9.59 Å². The SMILES string of the molecule is CCC(C)C(=O)Oc1ccc([C@](C)(N)C(=O)O[C@@H](C)[C@H](C)OC(=O)OC(C)C(C)C)cc1OC(=O)C(C)CC. The van der Waals surface area contributed by atoms with Crippen LogP contribution in [0.25, 0.3) is 0 Å². The lowest BCUT2D eigenvalue weighted by atomic mass is 9.92. The number of esters is 3. The smallest absolute Gasteiger partial charge is 0.457 e. The molecule has 2 N–H and O–H groups in total. The molecule has 0 fully saturated rings. The molecule has 1 rings (SSSR count). The van der Waals surface area contributed by atoms with Crippen molar-refractivity contribution < 1.29 is 42.9 Å². The molecule has 39 heavy (non-hydrogen) atoms. The van der Waals surface area contributed by atoms with E-state index in [1.54, 1.807) is 34.6 Å². The minimum absolute atomic E-state index is 0.0364. The molecule has 10 nitrogen and oxygen atoms in total. The summed E-state index contributed by atoms with van der Waals surface area (Å²) in [5.74, 6) is -2.47. The molecule has 0 aliphatic heterocycles. The number of carbonyl (C=O) groups is 4. The lowest BCUT2D eigenvalue weighted by molar-refractivity contribution is -0.160.